The lowest BCUT2D eigenvalue weighted by molar-refractivity contribution is -0.126. The highest BCUT2D eigenvalue weighted by Crippen LogP contribution is 2.29. The molecule has 1 amide bonds. The van der Waals surface area contributed by atoms with Gasteiger partial charge < -0.3 is 15.5 Å². The summed E-state index contributed by atoms with van der Waals surface area (Å²) in [4.78, 5) is 23.3. The lowest BCUT2D eigenvalue weighted by atomic mass is 9.85. The molecule has 0 unspecified atom stereocenters. The van der Waals surface area contributed by atoms with E-state index in [1.807, 2.05) is 18.2 Å². The monoisotopic (exact) mass is 565 g/mol. The van der Waals surface area contributed by atoms with E-state index in [4.69, 9.17) is 0 Å². The second-order valence-electron chi connectivity index (χ2n) is 8.59. The molecule has 0 atom stereocenters. The van der Waals surface area contributed by atoms with E-state index in [1.54, 1.807) is 19.0 Å². The van der Waals surface area contributed by atoms with Crippen molar-refractivity contribution in [2.45, 2.75) is 38.3 Å². The van der Waals surface area contributed by atoms with Gasteiger partial charge in [0.1, 0.15) is 5.82 Å². The molecular formula is C24H26F2IN5O. The van der Waals surface area contributed by atoms with Crippen molar-refractivity contribution in [2.75, 3.05) is 24.3 Å². The van der Waals surface area contributed by atoms with E-state index in [0.717, 1.165) is 46.9 Å². The first-order valence-electron chi connectivity index (χ1n) is 10.9. The van der Waals surface area contributed by atoms with Crippen molar-refractivity contribution < 1.29 is 13.6 Å². The van der Waals surface area contributed by atoms with Gasteiger partial charge in [-0.05, 0) is 72.0 Å². The van der Waals surface area contributed by atoms with Gasteiger partial charge in [-0.2, -0.15) is 4.98 Å². The van der Waals surface area contributed by atoms with Crippen molar-refractivity contribution in [1.29, 1.82) is 0 Å². The predicted octanol–water partition coefficient (Wildman–Crippen LogP) is 4.87. The first-order valence-corrected chi connectivity index (χ1v) is 12.0. The SMILES string of the molecule is CN(C)c1nc(N[C@H]2CC[C@@H](C(=O)NCc3cccc(I)c3)CC2)nc2cc(F)c(F)cc12. The molecule has 174 valence electrons. The highest BCUT2D eigenvalue weighted by atomic mass is 127. The average Bonchev–Trinajstić information content (AvgIpc) is 2.78. The minimum absolute atomic E-state index is 0.0160. The van der Waals surface area contributed by atoms with Gasteiger partial charge in [0.2, 0.25) is 11.9 Å². The molecule has 9 heteroatoms. The number of fused-ring (bicyclic) bond motifs is 1. The summed E-state index contributed by atoms with van der Waals surface area (Å²) in [5, 5.41) is 6.84. The van der Waals surface area contributed by atoms with Gasteiger partial charge in [-0.25, -0.2) is 13.8 Å². The number of halogens is 3. The first-order chi connectivity index (χ1) is 15.8. The maximum atomic E-state index is 13.8. The molecule has 6 nitrogen and oxygen atoms in total. The lowest BCUT2D eigenvalue weighted by Crippen LogP contribution is -2.36. The zero-order valence-electron chi connectivity index (χ0n) is 18.5. The van der Waals surface area contributed by atoms with Crippen molar-refractivity contribution in [3.05, 3.63) is 57.2 Å². The van der Waals surface area contributed by atoms with Gasteiger partial charge in [-0.15, -0.1) is 0 Å². The van der Waals surface area contributed by atoms with Crippen LogP contribution in [0.4, 0.5) is 20.5 Å². The summed E-state index contributed by atoms with van der Waals surface area (Å²) in [6.45, 7) is 0.531. The third-order valence-electron chi connectivity index (χ3n) is 5.93. The number of hydrogen-bond acceptors (Lipinski definition) is 5. The number of carbonyl (C=O) groups is 1. The predicted molar refractivity (Wildman–Crippen MR) is 134 cm³/mol. The van der Waals surface area contributed by atoms with Gasteiger partial charge in [-0.3, -0.25) is 4.79 Å². The number of benzene rings is 2. The summed E-state index contributed by atoms with van der Waals surface area (Å²) < 4.78 is 28.7. The Morgan fingerprint density at radius 2 is 1.82 bits per heavy atom. The Balaban J connectivity index is 1.37. The maximum Gasteiger partial charge on any atom is 0.225 e. The smallest absolute Gasteiger partial charge is 0.225 e. The van der Waals surface area contributed by atoms with Gasteiger partial charge >= 0.3 is 0 Å². The van der Waals surface area contributed by atoms with Crippen molar-refractivity contribution in [2.24, 2.45) is 5.92 Å². The highest BCUT2D eigenvalue weighted by Gasteiger charge is 2.27. The van der Waals surface area contributed by atoms with Gasteiger partial charge in [-0.1, -0.05) is 12.1 Å². The minimum atomic E-state index is -0.936. The van der Waals surface area contributed by atoms with Crippen LogP contribution in [0.1, 0.15) is 31.2 Å². The van der Waals surface area contributed by atoms with Gasteiger partial charge in [0.15, 0.2) is 11.6 Å². The lowest BCUT2D eigenvalue weighted by Gasteiger charge is -2.28. The van der Waals surface area contributed by atoms with E-state index >= 15 is 0 Å². The molecule has 2 N–H and O–H groups in total. The fourth-order valence-corrected chi connectivity index (χ4v) is 4.78. The topological polar surface area (TPSA) is 70.2 Å². The Morgan fingerprint density at radius 3 is 2.52 bits per heavy atom. The summed E-state index contributed by atoms with van der Waals surface area (Å²) >= 11 is 2.26. The second-order valence-corrected chi connectivity index (χ2v) is 9.83. The Kier molecular flexibility index (Phi) is 7.26. The van der Waals surface area contributed by atoms with Crippen LogP contribution in [-0.4, -0.2) is 36.0 Å². The van der Waals surface area contributed by atoms with Gasteiger partial charge in [0.05, 0.1) is 5.52 Å². The molecule has 1 aromatic heterocycles. The number of aromatic nitrogens is 2. The number of nitrogens with one attached hydrogen (secondary N) is 2. The molecule has 0 radical (unpaired) electrons. The van der Waals surface area contributed by atoms with Crippen molar-refractivity contribution in [3.8, 4) is 0 Å². The third-order valence-corrected chi connectivity index (χ3v) is 6.60. The quantitative estimate of drug-likeness (QED) is 0.418. The van der Waals surface area contributed by atoms with Crippen LogP contribution in [0.3, 0.4) is 0 Å². The van der Waals surface area contributed by atoms with Crippen molar-refractivity contribution in [1.82, 2.24) is 15.3 Å². The van der Waals surface area contributed by atoms with E-state index in [2.05, 4.69) is 49.3 Å². The largest absolute Gasteiger partial charge is 0.362 e. The normalized spacial score (nSPS) is 18.2. The average molecular weight is 565 g/mol. The summed E-state index contributed by atoms with van der Waals surface area (Å²) in [6.07, 6.45) is 3.14. The number of rotatable bonds is 6. The zero-order valence-corrected chi connectivity index (χ0v) is 20.7. The second kappa shape index (κ2) is 10.1. The van der Waals surface area contributed by atoms with E-state index in [-0.39, 0.29) is 17.9 Å². The molecule has 1 fully saturated rings. The Bertz CT molecular complexity index is 1170. The molecule has 1 aliphatic rings. The van der Waals surface area contributed by atoms with E-state index in [9.17, 15) is 13.6 Å². The molecule has 0 saturated heterocycles. The Morgan fingerprint density at radius 1 is 1.09 bits per heavy atom. The van der Waals surface area contributed by atoms with Crippen LogP contribution in [0, 0.1) is 21.1 Å². The molecule has 0 aliphatic heterocycles. The van der Waals surface area contributed by atoms with Crippen LogP contribution in [0.15, 0.2) is 36.4 Å². The molecular weight excluding hydrogens is 539 g/mol. The van der Waals surface area contributed by atoms with Crippen LogP contribution in [0.2, 0.25) is 0 Å². The third kappa shape index (κ3) is 5.69. The van der Waals surface area contributed by atoms with E-state index < -0.39 is 11.6 Å². The van der Waals surface area contributed by atoms with Crippen molar-refractivity contribution >= 4 is 51.2 Å². The molecule has 2 aromatic carbocycles. The molecule has 1 saturated carbocycles. The zero-order chi connectivity index (χ0) is 23.5. The van der Waals surface area contributed by atoms with Crippen LogP contribution in [0.25, 0.3) is 10.9 Å². The fourth-order valence-electron chi connectivity index (χ4n) is 4.18. The minimum Gasteiger partial charge on any atom is -0.362 e. The summed E-state index contributed by atoms with van der Waals surface area (Å²) in [5.41, 5.74) is 1.44. The van der Waals surface area contributed by atoms with E-state index in [0.29, 0.717) is 29.2 Å². The Labute approximate surface area is 205 Å². The van der Waals surface area contributed by atoms with Crippen LogP contribution < -0.4 is 15.5 Å². The van der Waals surface area contributed by atoms with Gasteiger partial charge in [0.25, 0.3) is 0 Å². The molecule has 4 rings (SSSR count). The van der Waals surface area contributed by atoms with Crippen molar-refractivity contribution in [3.63, 3.8) is 0 Å². The number of anilines is 2. The maximum absolute atomic E-state index is 13.8. The highest BCUT2D eigenvalue weighted by molar-refractivity contribution is 14.1. The van der Waals surface area contributed by atoms with Gasteiger partial charge in [0, 0.05) is 47.6 Å². The van der Waals surface area contributed by atoms with Crippen LogP contribution in [-0.2, 0) is 11.3 Å². The Hall–Kier alpha value is -2.56. The molecule has 1 heterocycles. The number of amides is 1. The van der Waals surface area contributed by atoms with E-state index in [1.165, 1.54) is 0 Å². The fraction of sp³-hybridized carbons (Fsp3) is 0.375. The number of hydrogen-bond donors (Lipinski definition) is 2. The summed E-state index contributed by atoms with van der Waals surface area (Å²) in [5.74, 6) is -0.893. The summed E-state index contributed by atoms with van der Waals surface area (Å²) in [7, 11) is 3.60. The van der Waals surface area contributed by atoms with Crippen LogP contribution >= 0.6 is 22.6 Å². The number of nitrogens with zero attached hydrogens (tertiary/aromatic N) is 3. The molecule has 0 bridgehead atoms. The molecule has 0 spiro atoms. The first kappa shape index (κ1) is 23.6. The number of carbonyl (C=O) groups excluding carboxylic acids is 1. The molecule has 33 heavy (non-hydrogen) atoms. The molecule has 1 aliphatic carbocycles. The van der Waals surface area contributed by atoms with Crippen LogP contribution in [0.5, 0.6) is 0 Å². The summed E-state index contributed by atoms with van der Waals surface area (Å²) in [6, 6.07) is 10.4. The molecule has 3 aromatic rings. The standard InChI is InChI=1S/C24H26F2IN5O/c1-32(2)22-18-11-19(25)20(26)12-21(18)30-24(31-22)29-17-8-6-15(7-9-17)23(33)28-13-14-4-3-5-16(27)10-14/h3-5,10-12,15,17H,6-9,13H2,1-2H3,(H,28,33)(H,29,30,31)/t15-,17+.